The minimum Gasteiger partial charge on any atom is -0.441 e. The van der Waals surface area contributed by atoms with Crippen molar-refractivity contribution < 1.29 is 4.42 Å². The van der Waals surface area contributed by atoms with Crippen LogP contribution in [0.1, 0.15) is 17.0 Å². The second-order valence-electron chi connectivity index (χ2n) is 4.58. The molecule has 98 valence electrons. The van der Waals surface area contributed by atoms with Crippen molar-refractivity contribution in [3.63, 3.8) is 0 Å². The van der Waals surface area contributed by atoms with Gasteiger partial charge in [-0.3, -0.25) is 0 Å². The zero-order valence-electron chi connectivity index (χ0n) is 11.1. The van der Waals surface area contributed by atoms with Gasteiger partial charge < -0.3 is 9.73 Å². The van der Waals surface area contributed by atoms with Gasteiger partial charge in [0.05, 0.1) is 11.6 Å². The van der Waals surface area contributed by atoms with Gasteiger partial charge in [0, 0.05) is 19.2 Å². The number of fused-ring (bicyclic) bond motifs is 1. The van der Waals surface area contributed by atoms with E-state index in [1.807, 2.05) is 43.3 Å². The van der Waals surface area contributed by atoms with E-state index in [4.69, 9.17) is 9.68 Å². The Hall–Kier alpha value is -2.80. The van der Waals surface area contributed by atoms with Gasteiger partial charge in [0.1, 0.15) is 5.52 Å². The SMILES string of the molecule is Cc1nc2cc(NCc3cccc(C#N)c3)ccc2o1. The maximum absolute atomic E-state index is 8.88. The molecule has 0 spiro atoms. The summed E-state index contributed by atoms with van der Waals surface area (Å²) >= 11 is 0. The second-order valence-corrected chi connectivity index (χ2v) is 4.58. The zero-order valence-corrected chi connectivity index (χ0v) is 11.1. The molecule has 1 N–H and O–H groups in total. The highest BCUT2D eigenvalue weighted by molar-refractivity contribution is 5.77. The molecule has 1 heterocycles. The summed E-state index contributed by atoms with van der Waals surface area (Å²) in [5.41, 5.74) is 4.36. The molecule has 0 unspecified atom stereocenters. The van der Waals surface area contributed by atoms with Crippen LogP contribution in [0.5, 0.6) is 0 Å². The van der Waals surface area contributed by atoms with Crippen LogP contribution < -0.4 is 5.32 Å². The number of oxazole rings is 1. The Morgan fingerprint density at radius 1 is 1.25 bits per heavy atom. The first-order valence-electron chi connectivity index (χ1n) is 6.35. The lowest BCUT2D eigenvalue weighted by Crippen LogP contribution is -1.99. The van der Waals surface area contributed by atoms with Gasteiger partial charge in [-0.1, -0.05) is 12.1 Å². The number of anilines is 1. The summed E-state index contributed by atoms with van der Waals surface area (Å²) in [4.78, 5) is 4.31. The fourth-order valence-electron chi connectivity index (χ4n) is 2.11. The normalized spacial score (nSPS) is 10.4. The molecule has 2 aromatic carbocycles. The van der Waals surface area contributed by atoms with E-state index in [1.54, 1.807) is 6.07 Å². The van der Waals surface area contributed by atoms with Crippen molar-refractivity contribution in [3.05, 3.63) is 59.5 Å². The fraction of sp³-hybridized carbons (Fsp3) is 0.125. The molecule has 20 heavy (non-hydrogen) atoms. The topological polar surface area (TPSA) is 61.9 Å². The molecular weight excluding hydrogens is 250 g/mol. The number of benzene rings is 2. The second kappa shape index (κ2) is 5.06. The van der Waals surface area contributed by atoms with E-state index in [0.29, 0.717) is 18.0 Å². The Balaban J connectivity index is 1.77. The van der Waals surface area contributed by atoms with E-state index in [-0.39, 0.29) is 0 Å². The number of aromatic nitrogens is 1. The molecule has 0 bridgehead atoms. The van der Waals surface area contributed by atoms with E-state index < -0.39 is 0 Å². The van der Waals surface area contributed by atoms with Crippen molar-refractivity contribution >= 4 is 16.8 Å². The summed E-state index contributed by atoms with van der Waals surface area (Å²) in [5.74, 6) is 0.666. The molecule has 0 amide bonds. The molecule has 0 atom stereocenters. The third-order valence-electron chi connectivity index (χ3n) is 3.05. The summed E-state index contributed by atoms with van der Waals surface area (Å²) in [6.45, 7) is 2.50. The van der Waals surface area contributed by atoms with Gasteiger partial charge in [-0.05, 0) is 35.9 Å². The largest absolute Gasteiger partial charge is 0.441 e. The standard InChI is InChI=1S/C16H13N3O/c1-11-19-15-8-14(5-6-16(15)20-11)18-10-13-4-2-3-12(7-13)9-17/h2-8,18H,10H2,1H3. The molecule has 0 aliphatic carbocycles. The number of rotatable bonds is 3. The van der Waals surface area contributed by atoms with Gasteiger partial charge in [0.2, 0.25) is 0 Å². The zero-order chi connectivity index (χ0) is 13.9. The Bertz CT molecular complexity index is 799. The molecule has 1 aromatic heterocycles. The average Bonchev–Trinajstić information content (AvgIpc) is 2.84. The number of nitriles is 1. The molecule has 0 fully saturated rings. The lowest BCUT2D eigenvalue weighted by molar-refractivity contribution is 0.561. The van der Waals surface area contributed by atoms with E-state index in [2.05, 4.69) is 16.4 Å². The van der Waals surface area contributed by atoms with Crippen LogP contribution in [0, 0.1) is 18.3 Å². The highest BCUT2D eigenvalue weighted by atomic mass is 16.3. The van der Waals surface area contributed by atoms with Crippen molar-refractivity contribution in [3.8, 4) is 6.07 Å². The van der Waals surface area contributed by atoms with Crippen molar-refractivity contribution in [1.82, 2.24) is 4.98 Å². The molecule has 0 aliphatic rings. The monoisotopic (exact) mass is 263 g/mol. The van der Waals surface area contributed by atoms with Crippen LogP contribution in [0.25, 0.3) is 11.1 Å². The summed E-state index contributed by atoms with van der Waals surface area (Å²) in [5, 5.41) is 12.2. The van der Waals surface area contributed by atoms with Crippen molar-refractivity contribution in [1.29, 1.82) is 5.26 Å². The Labute approximate surface area is 116 Å². The van der Waals surface area contributed by atoms with Gasteiger partial charge in [-0.2, -0.15) is 5.26 Å². The van der Waals surface area contributed by atoms with Gasteiger partial charge in [0.15, 0.2) is 11.5 Å². The lowest BCUT2D eigenvalue weighted by Gasteiger charge is -2.06. The molecule has 3 rings (SSSR count). The van der Waals surface area contributed by atoms with Crippen LogP contribution in [-0.4, -0.2) is 4.98 Å². The van der Waals surface area contributed by atoms with Crippen LogP contribution in [0.15, 0.2) is 46.9 Å². The van der Waals surface area contributed by atoms with Crippen LogP contribution in [0.4, 0.5) is 5.69 Å². The third-order valence-corrected chi connectivity index (χ3v) is 3.05. The molecule has 4 nitrogen and oxygen atoms in total. The van der Waals surface area contributed by atoms with Crippen LogP contribution in [0.3, 0.4) is 0 Å². The Morgan fingerprint density at radius 3 is 3.00 bits per heavy atom. The predicted molar refractivity (Wildman–Crippen MR) is 77.2 cm³/mol. The maximum Gasteiger partial charge on any atom is 0.192 e. The molecule has 4 heteroatoms. The third kappa shape index (κ3) is 2.47. The van der Waals surface area contributed by atoms with Gasteiger partial charge in [-0.15, -0.1) is 0 Å². The van der Waals surface area contributed by atoms with Crippen LogP contribution in [0.2, 0.25) is 0 Å². The first-order valence-corrected chi connectivity index (χ1v) is 6.35. The minimum atomic E-state index is 0.665. The summed E-state index contributed by atoms with van der Waals surface area (Å²) < 4.78 is 5.44. The van der Waals surface area contributed by atoms with Gasteiger partial charge in [0.25, 0.3) is 0 Å². The summed E-state index contributed by atoms with van der Waals surface area (Å²) in [6.07, 6.45) is 0. The lowest BCUT2D eigenvalue weighted by atomic mass is 10.1. The fourth-order valence-corrected chi connectivity index (χ4v) is 2.11. The molecule has 0 radical (unpaired) electrons. The molecule has 0 aliphatic heterocycles. The van der Waals surface area contributed by atoms with Gasteiger partial charge >= 0.3 is 0 Å². The smallest absolute Gasteiger partial charge is 0.192 e. The molecular formula is C16H13N3O. The van der Waals surface area contributed by atoms with Crippen molar-refractivity contribution in [2.45, 2.75) is 13.5 Å². The number of hydrogen-bond acceptors (Lipinski definition) is 4. The number of aryl methyl sites for hydroxylation is 1. The minimum absolute atomic E-state index is 0.665. The highest BCUT2D eigenvalue weighted by Gasteiger charge is 2.03. The number of hydrogen-bond donors (Lipinski definition) is 1. The molecule has 0 saturated heterocycles. The van der Waals surface area contributed by atoms with Crippen molar-refractivity contribution in [2.24, 2.45) is 0 Å². The van der Waals surface area contributed by atoms with Crippen LogP contribution in [-0.2, 0) is 6.54 Å². The van der Waals surface area contributed by atoms with Crippen LogP contribution >= 0.6 is 0 Å². The number of nitrogens with one attached hydrogen (secondary N) is 1. The Kier molecular flexibility index (Phi) is 3.10. The quantitative estimate of drug-likeness (QED) is 0.784. The average molecular weight is 263 g/mol. The van der Waals surface area contributed by atoms with E-state index in [9.17, 15) is 0 Å². The maximum atomic E-state index is 8.88. The first kappa shape index (κ1) is 12.2. The van der Waals surface area contributed by atoms with E-state index in [0.717, 1.165) is 22.4 Å². The van der Waals surface area contributed by atoms with E-state index >= 15 is 0 Å². The highest BCUT2D eigenvalue weighted by Crippen LogP contribution is 2.20. The molecule has 0 saturated carbocycles. The van der Waals surface area contributed by atoms with Crippen molar-refractivity contribution in [2.75, 3.05) is 5.32 Å². The summed E-state index contributed by atoms with van der Waals surface area (Å²) in [6, 6.07) is 15.5. The van der Waals surface area contributed by atoms with E-state index in [1.165, 1.54) is 0 Å². The number of nitrogens with zero attached hydrogens (tertiary/aromatic N) is 2. The predicted octanol–water partition coefficient (Wildman–Crippen LogP) is 3.62. The summed E-state index contributed by atoms with van der Waals surface area (Å²) in [7, 11) is 0. The molecule has 3 aromatic rings. The van der Waals surface area contributed by atoms with Gasteiger partial charge in [-0.25, -0.2) is 4.98 Å². The first-order chi connectivity index (χ1) is 9.74. The Morgan fingerprint density at radius 2 is 2.15 bits per heavy atom.